The van der Waals surface area contributed by atoms with E-state index >= 15 is 0 Å². The Morgan fingerprint density at radius 2 is 1.44 bits per heavy atom. The summed E-state index contributed by atoms with van der Waals surface area (Å²) in [7, 11) is 0. The molecule has 0 bridgehead atoms. The maximum atomic E-state index is 12.8. The van der Waals surface area contributed by atoms with Gasteiger partial charge in [0.25, 0.3) is 0 Å². The minimum Gasteiger partial charge on any atom is -0.406 e. The monoisotopic (exact) mass is 588 g/mol. The molecular weight excluding hydrogens is 550 g/mol. The molecule has 2 fully saturated rings. The van der Waals surface area contributed by atoms with Crippen molar-refractivity contribution in [2.24, 2.45) is 0 Å². The highest BCUT2D eigenvalue weighted by Gasteiger charge is 2.31. The van der Waals surface area contributed by atoms with Crippen LogP contribution in [-0.2, 0) is 11.0 Å². The van der Waals surface area contributed by atoms with Crippen molar-refractivity contribution in [1.29, 1.82) is 0 Å². The molecule has 0 atom stereocenters. The predicted octanol–water partition coefficient (Wildman–Crippen LogP) is 6.64. The van der Waals surface area contributed by atoms with Gasteiger partial charge in [0.05, 0.1) is 5.56 Å². The third kappa shape index (κ3) is 10.3. The maximum absolute atomic E-state index is 12.8. The van der Waals surface area contributed by atoms with Crippen LogP contribution in [0, 0.1) is 0 Å². The van der Waals surface area contributed by atoms with Crippen molar-refractivity contribution in [3.63, 3.8) is 0 Å². The van der Waals surface area contributed by atoms with Crippen molar-refractivity contribution in [2.75, 3.05) is 56.0 Å². The Morgan fingerprint density at radius 1 is 0.854 bits per heavy atom. The number of piperidine rings is 1. The summed E-state index contributed by atoms with van der Waals surface area (Å²) in [5.41, 5.74) is 0.833. The first-order valence-electron chi connectivity index (χ1n) is 14.0. The average Bonchev–Trinajstić information content (AvgIpc) is 2.95. The number of alkyl halides is 6. The van der Waals surface area contributed by atoms with Crippen LogP contribution in [0.5, 0.6) is 5.75 Å². The van der Waals surface area contributed by atoms with Crippen molar-refractivity contribution < 1.29 is 35.9 Å². The Bertz CT molecular complexity index is 1060. The van der Waals surface area contributed by atoms with Gasteiger partial charge >= 0.3 is 12.5 Å². The first-order chi connectivity index (χ1) is 19.5. The lowest BCUT2D eigenvalue weighted by molar-refractivity contribution is -0.274. The molecule has 0 spiro atoms. The molecule has 2 aliphatic rings. The fraction of sp³-hybridized carbons (Fsp3) is 0.552. The normalized spacial score (nSPS) is 17.1. The summed E-state index contributed by atoms with van der Waals surface area (Å²) in [5.74, 6) is -0.153. The zero-order valence-electron chi connectivity index (χ0n) is 23.4. The first kappa shape index (κ1) is 32.4. The third-order valence-corrected chi connectivity index (χ3v) is 7.10. The van der Waals surface area contributed by atoms with E-state index in [2.05, 4.69) is 19.9 Å². The van der Waals surface area contributed by atoms with Gasteiger partial charge in [-0.2, -0.15) is 13.2 Å². The Hall–Kier alpha value is -3.15. The molecule has 12 heteroatoms. The molecule has 1 N–H and O–H groups in total. The zero-order valence-corrected chi connectivity index (χ0v) is 23.4. The van der Waals surface area contributed by atoms with Crippen LogP contribution in [0.3, 0.4) is 0 Å². The molecule has 0 unspecified atom stereocenters. The average molecular weight is 589 g/mol. The molecule has 2 saturated heterocycles. The van der Waals surface area contributed by atoms with Gasteiger partial charge in [-0.3, -0.25) is 9.69 Å². The molecule has 2 aromatic carbocycles. The number of halogens is 6. The van der Waals surface area contributed by atoms with E-state index in [9.17, 15) is 31.1 Å². The van der Waals surface area contributed by atoms with Crippen LogP contribution in [0.1, 0.15) is 45.1 Å². The number of benzene rings is 2. The highest BCUT2D eigenvalue weighted by Crippen LogP contribution is 2.31. The number of carbonyl (C=O) groups is 1. The van der Waals surface area contributed by atoms with E-state index < -0.39 is 18.1 Å². The fourth-order valence-electron chi connectivity index (χ4n) is 4.96. The topological polar surface area (TPSA) is 48.1 Å². The highest BCUT2D eigenvalue weighted by atomic mass is 19.4. The Morgan fingerprint density at radius 3 is 1.98 bits per heavy atom. The van der Waals surface area contributed by atoms with Crippen LogP contribution in [-0.4, -0.2) is 73.9 Å². The molecule has 0 saturated carbocycles. The molecule has 6 nitrogen and oxygen atoms in total. The molecule has 1 amide bonds. The number of hydrogen-bond acceptors (Lipinski definition) is 5. The van der Waals surface area contributed by atoms with E-state index in [1.54, 1.807) is 12.1 Å². The van der Waals surface area contributed by atoms with E-state index in [1.807, 2.05) is 18.7 Å². The number of nitrogens with one attached hydrogen (secondary N) is 1. The van der Waals surface area contributed by atoms with Gasteiger partial charge in [0.1, 0.15) is 5.75 Å². The van der Waals surface area contributed by atoms with E-state index in [0.29, 0.717) is 25.2 Å². The SMILES string of the molecule is CC.O=C(CCCN1CCN(c2ccc(C(F)(F)F)cc2)CC1)N1CCC(Nc2ccc(OC(F)(F)F)cc2)CC1. The smallest absolute Gasteiger partial charge is 0.406 e. The maximum Gasteiger partial charge on any atom is 0.573 e. The second-order valence-electron chi connectivity index (χ2n) is 9.85. The lowest BCUT2D eigenvalue weighted by atomic mass is 10.0. The summed E-state index contributed by atoms with van der Waals surface area (Å²) in [5, 5.41) is 3.31. The molecule has 2 heterocycles. The molecule has 0 aromatic heterocycles. The minimum absolute atomic E-state index is 0.116. The van der Waals surface area contributed by atoms with Crippen molar-refractivity contribution >= 4 is 17.3 Å². The summed E-state index contributed by atoms with van der Waals surface area (Å²) >= 11 is 0. The standard InChI is InChI=1S/C27H32F6N4O2.C2H6/c28-26(29,30)20-3-7-23(8-4-20)36-18-16-35(17-19-36)13-1-2-25(38)37-14-11-22(12-15-37)34-21-5-9-24(10-6-21)39-27(31,32)33;1-2/h3-10,22,34H,1-2,11-19H2;1-2H3. The largest absolute Gasteiger partial charge is 0.573 e. The molecule has 0 aliphatic carbocycles. The van der Waals surface area contributed by atoms with Gasteiger partial charge in [0, 0.05) is 63.1 Å². The van der Waals surface area contributed by atoms with Crippen LogP contribution in [0.15, 0.2) is 48.5 Å². The Balaban J connectivity index is 0.00000226. The van der Waals surface area contributed by atoms with Crippen molar-refractivity contribution in [3.05, 3.63) is 54.1 Å². The number of ether oxygens (including phenoxy) is 1. The predicted molar refractivity (Wildman–Crippen MR) is 147 cm³/mol. The van der Waals surface area contributed by atoms with Gasteiger partial charge in [0.2, 0.25) is 5.91 Å². The van der Waals surface area contributed by atoms with Gasteiger partial charge in [0.15, 0.2) is 0 Å². The number of carbonyl (C=O) groups excluding carboxylic acids is 1. The number of anilines is 2. The first-order valence-corrected chi connectivity index (χ1v) is 14.0. The van der Waals surface area contributed by atoms with Gasteiger partial charge < -0.3 is 19.9 Å². The van der Waals surface area contributed by atoms with Gasteiger partial charge in [-0.15, -0.1) is 13.2 Å². The van der Waals surface area contributed by atoms with Gasteiger partial charge in [-0.1, -0.05) is 13.8 Å². The summed E-state index contributed by atoms with van der Waals surface area (Å²) in [6, 6.07) is 11.0. The van der Waals surface area contributed by atoms with Crippen LogP contribution in [0.25, 0.3) is 0 Å². The molecule has 41 heavy (non-hydrogen) atoms. The second-order valence-corrected chi connectivity index (χ2v) is 9.85. The number of rotatable bonds is 8. The summed E-state index contributed by atoms with van der Waals surface area (Å²) in [6.45, 7) is 9.05. The van der Waals surface area contributed by atoms with E-state index in [4.69, 9.17) is 0 Å². The van der Waals surface area contributed by atoms with Crippen LogP contribution >= 0.6 is 0 Å². The zero-order chi connectivity index (χ0) is 30.0. The van der Waals surface area contributed by atoms with Crippen LogP contribution in [0.4, 0.5) is 37.7 Å². The lowest BCUT2D eigenvalue weighted by Gasteiger charge is -2.36. The number of likely N-dealkylation sites (tertiary alicyclic amines) is 1. The van der Waals surface area contributed by atoms with E-state index in [-0.39, 0.29) is 17.7 Å². The Labute approximate surface area is 237 Å². The van der Waals surface area contributed by atoms with Crippen molar-refractivity contribution in [1.82, 2.24) is 9.80 Å². The Kier molecular flexibility index (Phi) is 11.6. The number of piperazine rings is 1. The number of amides is 1. The van der Waals surface area contributed by atoms with Gasteiger partial charge in [-0.05, 0) is 74.3 Å². The lowest BCUT2D eigenvalue weighted by Crippen LogP contribution is -2.47. The highest BCUT2D eigenvalue weighted by molar-refractivity contribution is 5.76. The molecule has 2 aromatic rings. The van der Waals surface area contributed by atoms with E-state index in [0.717, 1.165) is 69.8 Å². The van der Waals surface area contributed by atoms with Gasteiger partial charge in [-0.25, -0.2) is 0 Å². The second kappa shape index (κ2) is 14.7. The van der Waals surface area contributed by atoms with Crippen LogP contribution in [0.2, 0.25) is 0 Å². The summed E-state index contributed by atoms with van der Waals surface area (Å²) < 4.78 is 79.1. The quantitative estimate of drug-likeness (QED) is 0.351. The summed E-state index contributed by atoms with van der Waals surface area (Å²) in [6.07, 6.45) is -6.37. The third-order valence-electron chi connectivity index (χ3n) is 7.10. The summed E-state index contributed by atoms with van der Waals surface area (Å²) in [4.78, 5) is 18.9. The number of hydrogen-bond donors (Lipinski definition) is 1. The molecule has 0 radical (unpaired) electrons. The molecule has 4 rings (SSSR count). The van der Waals surface area contributed by atoms with E-state index in [1.165, 1.54) is 24.3 Å². The molecule has 2 aliphatic heterocycles. The molecular formula is C29H38F6N4O2. The molecule has 228 valence electrons. The fourth-order valence-corrected chi connectivity index (χ4v) is 4.96. The minimum atomic E-state index is -4.72. The number of nitrogens with zero attached hydrogens (tertiary/aromatic N) is 3. The van der Waals surface area contributed by atoms with Crippen molar-refractivity contribution in [3.8, 4) is 5.75 Å². The van der Waals surface area contributed by atoms with Crippen molar-refractivity contribution in [2.45, 2.75) is 58.1 Å². The van der Waals surface area contributed by atoms with Crippen LogP contribution < -0.4 is 15.0 Å².